The van der Waals surface area contributed by atoms with E-state index >= 15 is 0 Å². The predicted octanol–water partition coefficient (Wildman–Crippen LogP) is 3.08. The molecule has 0 saturated carbocycles. The average molecular weight is 343 g/mol. The van der Waals surface area contributed by atoms with Gasteiger partial charge in [0.05, 0.1) is 6.61 Å². The monoisotopic (exact) mass is 342 g/mol. The van der Waals surface area contributed by atoms with Crippen LogP contribution >= 0.6 is 15.9 Å². The van der Waals surface area contributed by atoms with Crippen molar-refractivity contribution >= 4 is 15.9 Å². The van der Waals surface area contributed by atoms with E-state index in [9.17, 15) is 18.3 Å². The highest BCUT2D eigenvalue weighted by Crippen LogP contribution is 2.23. The first-order valence-electron chi connectivity index (χ1n) is 5.49. The van der Waals surface area contributed by atoms with Gasteiger partial charge in [-0.1, -0.05) is 22.0 Å². The quantitative estimate of drug-likeness (QED) is 0.863. The van der Waals surface area contributed by atoms with Crippen molar-refractivity contribution in [3.8, 4) is 5.75 Å². The minimum atomic E-state index is -4.39. The predicted molar refractivity (Wildman–Crippen MR) is 67.3 cm³/mol. The Labute approximate surface area is 117 Å². The highest BCUT2D eigenvalue weighted by atomic mass is 79.9. The van der Waals surface area contributed by atoms with Gasteiger partial charge in [-0.05, 0) is 24.6 Å². The van der Waals surface area contributed by atoms with Crippen molar-refractivity contribution in [2.24, 2.45) is 0 Å². The van der Waals surface area contributed by atoms with Crippen molar-refractivity contribution in [3.05, 3.63) is 28.2 Å². The molecule has 1 unspecified atom stereocenters. The maximum absolute atomic E-state index is 11.8. The molecule has 3 nitrogen and oxygen atoms in total. The molecule has 0 radical (unpaired) electrons. The average Bonchev–Trinajstić information content (AvgIpc) is 2.28. The third kappa shape index (κ3) is 6.79. The first-order valence-corrected chi connectivity index (χ1v) is 6.29. The molecule has 0 aliphatic carbocycles. The fourth-order valence-electron chi connectivity index (χ4n) is 1.27. The lowest BCUT2D eigenvalue weighted by atomic mass is 10.2. The van der Waals surface area contributed by atoms with Gasteiger partial charge in [0.15, 0.2) is 0 Å². The zero-order valence-corrected chi connectivity index (χ0v) is 11.8. The van der Waals surface area contributed by atoms with Crippen molar-refractivity contribution in [3.63, 3.8) is 0 Å². The van der Waals surface area contributed by atoms with Crippen molar-refractivity contribution < 1.29 is 27.8 Å². The van der Waals surface area contributed by atoms with Crippen LogP contribution in [0.3, 0.4) is 0 Å². The molecule has 0 aliphatic heterocycles. The van der Waals surface area contributed by atoms with Crippen LogP contribution in [-0.2, 0) is 4.74 Å². The molecule has 0 amide bonds. The molecule has 1 aromatic rings. The molecule has 0 heterocycles. The van der Waals surface area contributed by atoms with E-state index in [-0.39, 0.29) is 6.61 Å². The van der Waals surface area contributed by atoms with Gasteiger partial charge in [-0.25, -0.2) is 0 Å². The molecule has 1 N–H and O–H groups in total. The van der Waals surface area contributed by atoms with Gasteiger partial charge in [0.1, 0.15) is 25.1 Å². The van der Waals surface area contributed by atoms with E-state index in [0.29, 0.717) is 5.75 Å². The molecule has 0 spiro atoms. The first-order chi connectivity index (χ1) is 8.78. The Morgan fingerprint density at radius 3 is 2.63 bits per heavy atom. The van der Waals surface area contributed by atoms with E-state index in [2.05, 4.69) is 20.7 Å². The zero-order valence-electron chi connectivity index (χ0n) is 10.2. The fraction of sp³-hybridized carbons (Fsp3) is 0.500. The van der Waals surface area contributed by atoms with Gasteiger partial charge in [-0.2, -0.15) is 13.2 Å². The van der Waals surface area contributed by atoms with Crippen molar-refractivity contribution in [1.82, 2.24) is 0 Å². The van der Waals surface area contributed by atoms with E-state index in [1.807, 2.05) is 19.1 Å². The van der Waals surface area contributed by atoms with Crippen LogP contribution in [0.15, 0.2) is 22.7 Å². The van der Waals surface area contributed by atoms with Gasteiger partial charge in [-0.15, -0.1) is 0 Å². The summed E-state index contributed by atoms with van der Waals surface area (Å²) in [5.41, 5.74) is 0.867. The molecule has 108 valence electrons. The second kappa shape index (κ2) is 7.12. The Balaban J connectivity index is 2.34. The number of benzene rings is 1. The van der Waals surface area contributed by atoms with Crippen molar-refractivity contribution in [2.75, 3.05) is 19.8 Å². The molecule has 19 heavy (non-hydrogen) atoms. The first kappa shape index (κ1) is 16.3. The highest BCUT2D eigenvalue weighted by molar-refractivity contribution is 9.10. The summed E-state index contributed by atoms with van der Waals surface area (Å²) < 4.78 is 45.9. The van der Waals surface area contributed by atoms with E-state index in [1.165, 1.54) is 0 Å². The SMILES string of the molecule is Cc1ccc(Br)cc1OCC(O)COCC(F)(F)F. The number of hydrogen-bond donors (Lipinski definition) is 1. The Morgan fingerprint density at radius 2 is 2.00 bits per heavy atom. The van der Waals surface area contributed by atoms with Crippen LogP contribution in [0.1, 0.15) is 5.56 Å². The van der Waals surface area contributed by atoms with E-state index in [1.54, 1.807) is 6.07 Å². The number of aliphatic hydroxyl groups excluding tert-OH is 1. The van der Waals surface area contributed by atoms with E-state index < -0.39 is 25.5 Å². The minimum Gasteiger partial charge on any atom is -0.490 e. The maximum Gasteiger partial charge on any atom is 0.411 e. The Morgan fingerprint density at radius 1 is 1.32 bits per heavy atom. The van der Waals surface area contributed by atoms with Crippen molar-refractivity contribution in [1.29, 1.82) is 0 Å². The molecule has 0 saturated heterocycles. The number of alkyl halides is 3. The standard InChI is InChI=1S/C12H14BrF3O3/c1-8-2-3-9(13)4-11(8)19-6-10(17)5-18-7-12(14,15)16/h2-4,10,17H,5-7H2,1H3. The third-order valence-corrected chi connectivity index (χ3v) is 2.65. The maximum atomic E-state index is 11.8. The number of aryl methyl sites for hydroxylation is 1. The van der Waals surface area contributed by atoms with Gasteiger partial charge in [-0.3, -0.25) is 0 Å². The van der Waals surface area contributed by atoms with Crippen molar-refractivity contribution in [2.45, 2.75) is 19.2 Å². The third-order valence-electron chi connectivity index (χ3n) is 2.16. The van der Waals surface area contributed by atoms with Crippen LogP contribution in [-0.4, -0.2) is 37.2 Å². The van der Waals surface area contributed by atoms with E-state index in [4.69, 9.17) is 4.74 Å². The molecule has 1 aromatic carbocycles. The number of hydrogen-bond acceptors (Lipinski definition) is 3. The number of rotatable bonds is 6. The molecule has 0 aliphatic rings. The van der Waals surface area contributed by atoms with Crippen LogP contribution in [0.4, 0.5) is 13.2 Å². The molecular formula is C12H14BrF3O3. The van der Waals surface area contributed by atoms with Crippen LogP contribution in [0.25, 0.3) is 0 Å². The number of ether oxygens (including phenoxy) is 2. The second-order valence-electron chi connectivity index (χ2n) is 4.00. The summed E-state index contributed by atoms with van der Waals surface area (Å²) in [5, 5.41) is 9.44. The summed E-state index contributed by atoms with van der Waals surface area (Å²) in [6.07, 6.45) is -5.50. The largest absolute Gasteiger partial charge is 0.490 e. The molecular weight excluding hydrogens is 329 g/mol. The molecule has 7 heteroatoms. The zero-order chi connectivity index (χ0) is 14.5. The van der Waals surface area contributed by atoms with Crippen LogP contribution in [0.2, 0.25) is 0 Å². The van der Waals surface area contributed by atoms with Gasteiger partial charge in [0, 0.05) is 4.47 Å². The topological polar surface area (TPSA) is 38.7 Å². The van der Waals surface area contributed by atoms with E-state index in [0.717, 1.165) is 10.0 Å². The Kier molecular flexibility index (Phi) is 6.09. The number of halogens is 4. The van der Waals surface area contributed by atoms with Crippen LogP contribution < -0.4 is 4.74 Å². The van der Waals surface area contributed by atoms with Gasteiger partial charge in [0.2, 0.25) is 0 Å². The summed E-state index contributed by atoms with van der Waals surface area (Å²) >= 11 is 3.27. The fourth-order valence-corrected chi connectivity index (χ4v) is 1.61. The second-order valence-corrected chi connectivity index (χ2v) is 4.92. The Hall–Kier alpha value is -0.790. The summed E-state index contributed by atoms with van der Waals surface area (Å²) in [6, 6.07) is 5.38. The van der Waals surface area contributed by atoms with Crippen LogP contribution in [0.5, 0.6) is 5.75 Å². The Bertz CT molecular complexity index is 410. The summed E-state index contributed by atoms with van der Waals surface area (Å²) in [5.74, 6) is 0.559. The molecule has 0 fully saturated rings. The lowest BCUT2D eigenvalue weighted by Crippen LogP contribution is -2.27. The highest BCUT2D eigenvalue weighted by Gasteiger charge is 2.27. The molecule has 0 aromatic heterocycles. The lowest BCUT2D eigenvalue weighted by Gasteiger charge is -2.15. The van der Waals surface area contributed by atoms with Gasteiger partial charge >= 0.3 is 6.18 Å². The van der Waals surface area contributed by atoms with Crippen LogP contribution in [0, 0.1) is 6.92 Å². The smallest absolute Gasteiger partial charge is 0.411 e. The summed E-state index contributed by atoms with van der Waals surface area (Å²) in [6.45, 7) is -0.101. The summed E-state index contributed by atoms with van der Waals surface area (Å²) in [7, 11) is 0. The minimum absolute atomic E-state index is 0.130. The molecule has 1 rings (SSSR count). The summed E-state index contributed by atoms with van der Waals surface area (Å²) in [4.78, 5) is 0. The lowest BCUT2D eigenvalue weighted by molar-refractivity contribution is -0.179. The van der Waals surface area contributed by atoms with Gasteiger partial charge < -0.3 is 14.6 Å². The number of aliphatic hydroxyl groups is 1. The normalized spacial score (nSPS) is 13.4. The van der Waals surface area contributed by atoms with Gasteiger partial charge in [0.25, 0.3) is 0 Å². The molecule has 1 atom stereocenters. The molecule has 0 bridgehead atoms.